The molecule has 1 saturated heterocycles. The van der Waals surface area contributed by atoms with E-state index in [0.717, 1.165) is 21.3 Å². The molecule has 87 heavy (non-hydrogen) atoms. The fraction of sp³-hybridized carbons (Fsp3) is 0.356. The minimum Gasteiger partial charge on any atom is -0.479 e. The van der Waals surface area contributed by atoms with Gasteiger partial charge in [0.15, 0.2) is 30.8 Å². The monoisotopic (exact) mass is 1280 g/mol. The second kappa shape index (κ2) is 31.4. The lowest BCUT2D eigenvalue weighted by Crippen LogP contribution is -2.61. The molecule has 1 aliphatic rings. The van der Waals surface area contributed by atoms with Crippen molar-refractivity contribution in [2.24, 2.45) is 0 Å². The first-order valence-corrected chi connectivity index (χ1v) is 27.6. The smallest absolute Gasteiger partial charge is 0.335 e. The van der Waals surface area contributed by atoms with Crippen molar-refractivity contribution in [3.05, 3.63) is 151 Å². The molecule has 0 unspecified atom stereocenters. The van der Waals surface area contributed by atoms with Crippen molar-refractivity contribution < 1.29 is 99.3 Å². The summed E-state index contributed by atoms with van der Waals surface area (Å²) >= 11 is 3.61. The van der Waals surface area contributed by atoms with Gasteiger partial charge in [0, 0.05) is 65.3 Å². The molecule has 6 aromatic rings. The number of esters is 1. The van der Waals surface area contributed by atoms with Crippen LogP contribution < -0.4 is 35.1 Å². The molecule has 3 heterocycles. The molecule has 0 spiro atoms. The minimum atomic E-state index is -2.40. The van der Waals surface area contributed by atoms with Crippen LogP contribution in [0.2, 0.25) is 0 Å². The van der Waals surface area contributed by atoms with Gasteiger partial charge in [-0.25, -0.2) is 27.5 Å². The van der Waals surface area contributed by atoms with E-state index in [4.69, 9.17) is 30.1 Å². The number of hydrogen-bond donors (Lipinski definition) is 7. The third kappa shape index (κ3) is 18.1. The second-order valence-corrected chi connectivity index (χ2v) is 20.4. The normalized spacial score (nSPS) is 16.4. The maximum atomic E-state index is 13.7. The zero-order chi connectivity index (χ0) is 62.9. The highest BCUT2D eigenvalue weighted by atomic mass is 79.9. The van der Waals surface area contributed by atoms with Crippen LogP contribution in [0.3, 0.4) is 0 Å². The molecule has 0 aliphatic carbocycles. The number of ketones is 1. The fourth-order valence-corrected chi connectivity index (χ4v) is 9.22. The number of rotatable bonds is 30. The van der Waals surface area contributed by atoms with Crippen molar-refractivity contribution in [1.29, 1.82) is 0 Å². The number of nitrogens with one attached hydrogen (secondary N) is 3. The van der Waals surface area contributed by atoms with Crippen LogP contribution in [0.15, 0.2) is 88.4 Å². The molecule has 1 aliphatic heterocycles. The maximum Gasteiger partial charge on any atom is 0.335 e. The molecule has 4 aromatic carbocycles. The summed E-state index contributed by atoms with van der Waals surface area (Å²) < 4.78 is 101. The SMILES string of the molecule is C#CCN(Cc1cc2c(=O)[nH]c(C)nc2cc1Br)c1ccc(C(=O)CCc2ccc[n+](Cc3ccc(O[C@@H]4O[C@H](C(=O)O)[C@@H](O)[C@H](O)[C@H]4O)c(NC(=O)CCNC(=O)CCOCCOCCOCCC(=O)Oc4c(F)c(F)c(F)c(F)c4F)c3)c2)cc1. The van der Waals surface area contributed by atoms with Crippen molar-refractivity contribution in [2.45, 2.75) is 82.8 Å². The number of carboxylic acid groups (broad SMARTS) is 1. The first-order valence-electron chi connectivity index (χ1n) is 26.8. The van der Waals surface area contributed by atoms with Gasteiger partial charge in [0.05, 0.1) is 69.2 Å². The molecule has 2 aromatic heterocycles. The number of ether oxygens (including phenoxy) is 6. The van der Waals surface area contributed by atoms with E-state index < -0.39 is 95.7 Å². The molecule has 0 saturated carbocycles. The number of carbonyl (C=O) groups excluding carboxylic acids is 4. The first-order chi connectivity index (χ1) is 41.6. The Morgan fingerprint density at radius 3 is 2.15 bits per heavy atom. The number of terminal acetylenes is 1. The number of hydrogen-bond acceptors (Lipinski definition) is 17. The third-order valence-electron chi connectivity index (χ3n) is 13.2. The number of carboxylic acids is 1. The van der Waals surface area contributed by atoms with E-state index in [1.807, 2.05) is 33.9 Å². The summed E-state index contributed by atoms with van der Waals surface area (Å²) in [5, 5.41) is 46.7. The van der Waals surface area contributed by atoms with E-state index >= 15 is 0 Å². The Morgan fingerprint density at radius 1 is 0.805 bits per heavy atom. The zero-order valence-electron chi connectivity index (χ0n) is 46.4. The maximum absolute atomic E-state index is 13.7. The largest absolute Gasteiger partial charge is 0.479 e. The summed E-state index contributed by atoms with van der Waals surface area (Å²) in [6.45, 7) is 2.15. The van der Waals surface area contributed by atoms with Crippen LogP contribution in [0.1, 0.15) is 58.6 Å². The van der Waals surface area contributed by atoms with Crippen molar-refractivity contribution in [3.8, 4) is 23.8 Å². The van der Waals surface area contributed by atoms with Crippen LogP contribution in [0.5, 0.6) is 11.5 Å². The number of aliphatic hydroxyl groups excluding tert-OH is 3. The number of Topliss-reactive ketones (excluding diaryl/α,β-unsaturated/α-hetero) is 1. The number of benzene rings is 4. The third-order valence-corrected chi connectivity index (χ3v) is 14.0. The van der Waals surface area contributed by atoms with Gasteiger partial charge in [0.25, 0.3) is 5.56 Å². The number of aromatic nitrogens is 3. The number of H-pyrrole nitrogens is 1. The molecule has 22 nitrogen and oxygen atoms in total. The summed E-state index contributed by atoms with van der Waals surface area (Å²) in [5.41, 5.74) is 3.84. The summed E-state index contributed by atoms with van der Waals surface area (Å²) in [6, 6.07) is 18.9. The predicted molar refractivity (Wildman–Crippen MR) is 301 cm³/mol. The predicted octanol–water partition coefficient (Wildman–Crippen LogP) is 4.63. The second-order valence-electron chi connectivity index (χ2n) is 19.6. The first kappa shape index (κ1) is 66.3. The molecule has 7 N–H and O–H groups in total. The van der Waals surface area contributed by atoms with Gasteiger partial charge < -0.3 is 69.4 Å². The Kier molecular flexibility index (Phi) is 23.9. The van der Waals surface area contributed by atoms with Crippen LogP contribution in [0, 0.1) is 48.4 Å². The molecule has 2 amide bonds. The number of fused-ring (bicyclic) bond motifs is 1. The Hall–Kier alpha value is -8.27. The summed E-state index contributed by atoms with van der Waals surface area (Å²) in [7, 11) is 0. The number of halogens is 6. The van der Waals surface area contributed by atoms with E-state index in [9.17, 15) is 71.1 Å². The molecule has 5 atom stereocenters. The molecular formula is C59H59BrF5N6O16+. The Balaban J connectivity index is 0.870. The fourth-order valence-electron chi connectivity index (χ4n) is 8.76. The lowest BCUT2D eigenvalue weighted by atomic mass is 9.99. The molecule has 28 heteroatoms. The molecule has 1 fully saturated rings. The van der Waals surface area contributed by atoms with Crippen LogP contribution in [0.25, 0.3) is 10.9 Å². The van der Waals surface area contributed by atoms with E-state index in [-0.39, 0.29) is 101 Å². The topological polar surface area (TPSA) is 299 Å². The number of aliphatic carboxylic acids is 1. The lowest BCUT2D eigenvalue weighted by Gasteiger charge is -2.38. The summed E-state index contributed by atoms with van der Waals surface area (Å²) in [5.74, 6) is -14.3. The van der Waals surface area contributed by atoms with Crippen molar-refractivity contribution in [1.82, 2.24) is 15.3 Å². The standard InChI is InChI=1S/C59H58BrF5N6O16/c1-3-18-71(31-36-27-38-40(28-39(36)60)67-32(2)68-57(38)79)37-10-8-35(9-11-37)42(72)12-6-33-5-4-19-70(29-33)30-34-7-13-43(85-59-54(78)52(76)53(77)56(87-59)58(80)81)41(26-34)69-45(74)14-17-66-44(73)15-20-82-22-24-84-25-23-83-21-16-46(75)86-55-50(64)48(62)47(61)49(63)51(55)65/h1,4-5,7-11,13,19,26-29,52-54,56,59,76-78H,6,12,14-18,20-25,30-31H2,2H3,(H3-,66,67,68,69,73,74,79,80,81)/p+1/t52-,53-,54+,56-,59+/m0/s1. The number of nitrogens with zero attached hydrogens (tertiary/aromatic N) is 3. The summed E-state index contributed by atoms with van der Waals surface area (Å²) in [6.07, 6.45) is -0.660. The highest BCUT2D eigenvalue weighted by Crippen LogP contribution is 2.33. The van der Waals surface area contributed by atoms with E-state index in [0.29, 0.717) is 40.8 Å². The number of aromatic amines is 1. The van der Waals surface area contributed by atoms with Crippen molar-refractivity contribution >= 4 is 67.7 Å². The molecule has 0 bridgehead atoms. The number of amides is 2. The quantitative estimate of drug-likeness (QED) is 0.00372. The van der Waals surface area contributed by atoms with Gasteiger partial charge in [-0.1, -0.05) is 21.9 Å². The number of aliphatic hydroxyl groups is 3. The average molecular weight is 1280 g/mol. The van der Waals surface area contributed by atoms with Gasteiger partial charge in [-0.05, 0) is 79.6 Å². The Bertz CT molecular complexity index is 3550. The lowest BCUT2D eigenvalue weighted by molar-refractivity contribution is -0.688. The number of aryl methyl sites for hydroxylation is 2. The number of carbonyl (C=O) groups is 5. The van der Waals surface area contributed by atoms with Crippen LogP contribution >= 0.6 is 15.9 Å². The highest BCUT2D eigenvalue weighted by molar-refractivity contribution is 9.10. The van der Waals surface area contributed by atoms with Crippen molar-refractivity contribution in [3.63, 3.8) is 0 Å². The van der Waals surface area contributed by atoms with Gasteiger partial charge in [-0.2, -0.15) is 8.78 Å². The average Bonchev–Trinajstić information content (AvgIpc) is 2.49. The highest BCUT2D eigenvalue weighted by Gasteiger charge is 2.48. The zero-order valence-corrected chi connectivity index (χ0v) is 48.0. The van der Waals surface area contributed by atoms with Crippen LogP contribution in [0.4, 0.5) is 33.3 Å². The van der Waals surface area contributed by atoms with Crippen molar-refractivity contribution in [2.75, 3.05) is 62.9 Å². The molecule has 0 radical (unpaired) electrons. The van der Waals surface area contributed by atoms with Gasteiger partial charge in [0.1, 0.15) is 29.9 Å². The molecular weight excluding hydrogens is 1220 g/mol. The van der Waals surface area contributed by atoms with Gasteiger partial charge in [-0.15, -0.1) is 6.42 Å². The number of pyridine rings is 1. The van der Waals surface area contributed by atoms with Crippen LogP contribution in [-0.2, 0) is 57.6 Å². The van der Waals surface area contributed by atoms with Crippen LogP contribution in [-0.4, -0.2) is 143 Å². The minimum absolute atomic E-state index is 0.0115. The summed E-state index contributed by atoms with van der Waals surface area (Å²) in [4.78, 5) is 84.8. The van der Waals surface area contributed by atoms with Gasteiger partial charge >= 0.3 is 11.9 Å². The van der Waals surface area contributed by atoms with E-state index in [2.05, 4.69) is 47.2 Å². The van der Waals surface area contributed by atoms with E-state index in [1.165, 1.54) is 6.07 Å². The molecule has 7 rings (SSSR count). The molecule has 462 valence electrons. The van der Waals surface area contributed by atoms with Gasteiger partial charge in [0.2, 0.25) is 52.9 Å². The van der Waals surface area contributed by atoms with E-state index in [1.54, 1.807) is 55.6 Å². The Morgan fingerprint density at radius 2 is 1.47 bits per heavy atom. The number of anilines is 2. The van der Waals surface area contributed by atoms with Gasteiger partial charge in [-0.3, -0.25) is 24.0 Å². The Labute approximate surface area is 501 Å².